The molecule has 0 atom stereocenters. The number of hydrogen-bond acceptors (Lipinski definition) is 7. The molecule has 0 saturated carbocycles. The Hall–Kier alpha value is -5.11. The SMILES string of the molecule is COc1ccc(C(=O)Oc2ccc(/C=N/NC(=O)c3ccc(OCc4ccc(C)cc4)cc3)cc2OC)cc1. The summed E-state index contributed by atoms with van der Waals surface area (Å²) in [7, 11) is 3.02. The van der Waals surface area contributed by atoms with Crippen molar-refractivity contribution in [3.05, 3.63) is 119 Å². The number of esters is 1. The van der Waals surface area contributed by atoms with Crippen LogP contribution in [0.15, 0.2) is 96.1 Å². The molecule has 0 heterocycles. The third-order valence-corrected chi connectivity index (χ3v) is 5.74. The van der Waals surface area contributed by atoms with E-state index in [0.29, 0.717) is 40.5 Å². The first kappa shape index (κ1) is 26.9. The Morgan fingerprint density at radius 3 is 2.10 bits per heavy atom. The van der Waals surface area contributed by atoms with E-state index in [1.807, 2.05) is 31.2 Å². The minimum Gasteiger partial charge on any atom is -0.497 e. The molecule has 198 valence electrons. The molecule has 0 fully saturated rings. The number of nitrogens with zero attached hydrogens (tertiary/aromatic N) is 1. The predicted octanol–water partition coefficient (Wildman–Crippen LogP) is 5.57. The van der Waals surface area contributed by atoms with Gasteiger partial charge in [-0.25, -0.2) is 10.2 Å². The third kappa shape index (κ3) is 7.45. The highest BCUT2D eigenvalue weighted by atomic mass is 16.6. The smallest absolute Gasteiger partial charge is 0.343 e. The number of hydrogen-bond donors (Lipinski definition) is 1. The van der Waals surface area contributed by atoms with Gasteiger partial charge in [0.15, 0.2) is 11.5 Å². The van der Waals surface area contributed by atoms with E-state index in [-0.39, 0.29) is 11.7 Å². The van der Waals surface area contributed by atoms with E-state index in [1.165, 1.54) is 18.9 Å². The Kier molecular flexibility index (Phi) is 8.92. The number of carbonyl (C=O) groups is 2. The molecule has 4 aromatic rings. The summed E-state index contributed by atoms with van der Waals surface area (Å²) in [6.07, 6.45) is 1.47. The number of hydrazone groups is 1. The van der Waals surface area contributed by atoms with Gasteiger partial charge in [-0.1, -0.05) is 29.8 Å². The lowest BCUT2D eigenvalue weighted by Gasteiger charge is -2.10. The average Bonchev–Trinajstić information content (AvgIpc) is 2.97. The van der Waals surface area contributed by atoms with E-state index in [0.717, 1.165) is 5.56 Å². The molecule has 0 aliphatic heterocycles. The average molecular weight is 525 g/mol. The first-order chi connectivity index (χ1) is 18.9. The van der Waals surface area contributed by atoms with E-state index >= 15 is 0 Å². The normalized spacial score (nSPS) is 10.6. The summed E-state index contributed by atoms with van der Waals surface area (Å²) in [5.41, 5.74) is 6.20. The lowest BCUT2D eigenvalue weighted by molar-refractivity contribution is 0.0729. The van der Waals surface area contributed by atoms with E-state index < -0.39 is 5.97 Å². The summed E-state index contributed by atoms with van der Waals surface area (Å²) in [6.45, 7) is 2.48. The summed E-state index contributed by atoms with van der Waals surface area (Å²) < 4.78 is 21.7. The van der Waals surface area contributed by atoms with Gasteiger partial charge >= 0.3 is 5.97 Å². The second-order valence-electron chi connectivity index (χ2n) is 8.53. The van der Waals surface area contributed by atoms with Gasteiger partial charge in [-0.15, -0.1) is 0 Å². The number of carbonyl (C=O) groups excluding carboxylic acids is 2. The highest BCUT2D eigenvalue weighted by Crippen LogP contribution is 2.28. The number of amides is 1. The second kappa shape index (κ2) is 12.9. The topological polar surface area (TPSA) is 95.5 Å². The lowest BCUT2D eigenvalue weighted by Crippen LogP contribution is -2.17. The molecule has 0 aliphatic rings. The molecule has 39 heavy (non-hydrogen) atoms. The third-order valence-electron chi connectivity index (χ3n) is 5.74. The summed E-state index contributed by atoms with van der Waals surface area (Å²) in [5, 5.41) is 4.02. The van der Waals surface area contributed by atoms with Crippen molar-refractivity contribution in [3.63, 3.8) is 0 Å². The fourth-order valence-electron chi connectivity index (χ4n) is 3.52. The zero-order valence-corrected chi connectivity index (χ0v) is 21.8. The molecule has 1 N–H and O–H groups in total. The molecule has 0 aromatic heterocycles. The Morgan fingerprint density at radius 1 is 0.769 bits per heavy atom. The maximum Gasteiger partial charge on any atom is 0.343 e. The lowest BCUT2D eigenvalue weighted by atomic mass is 10.2. The molecule has 0 saturated heterocycles. The van der Waals surface area contributed by atoms with Crippen LogP contribution in [0, 0.1) is 6.92 Å². The van der Waals surface area contributed by atoms with Crippen molar-refractivity contribution in [2.24, 2.45) is 5.10 Å². The van der Waals surface area contributed by atoms with Gasteiger partial charge in [0.1, 0.15) is 18.1 Å². The monoisotopic (exact) mass is 524 g/mol. The van der Waals surface area contributed by atoms with Crippen LogP contribution in [0.4, 0.5) is 0 Å². The Balaban J connectivity index is 1.31. The van der Waals surface area contributed by atoms with Gasteiger partial charge in [0.25, 0.3) is 5.91 Å². The summed E-state index contributed by atoms with van der Waals surface area (Å²) in [4.78, 5) is 25.0. The first-order valence-electron chi connectivity index (χ1n) is 12.1. The van der Waals surface area contributed by atoms with Gasteiger partial charge in [0.2, 0.25) is 0 Å². The highest BCUT2D eigenvalue weighted by Gasteiger charge is 2.13. The predicted molar refractivity (Wildman–Crippen MR) is 148 cm³/mol. The van der Waals surface area contributed by atoms with E-state index in [2.05, 4.69) is 10.5 Å². The maximum absolute atomic E-state index is 12.5. The van der Waals surface area contributed by atoms with Crippen molar-refractivity contribution in [2.75, 3.05) is 14.2 Å². The quantitative estimate of drug-likeness (QED) is 0.126. The number of benzene rings is 4. The fourth-order valence-corrected chi connectivity index (χ4v) is 3.52. The molecule has 0 bridgehead atoms. The van der Waals surface area contributed by atoms with E-state index in [1.54, 1.807) is 73.8 Å². The van der Waals surface area contributed by atoms with Crippen LogP contribution < -0.4 is 24.4 Å². The summed E-state index contributed by atoms with van der Waals surface area (Å²) in [6, 6.07) is 26.5. The highest BCUT2D eigenvalue weighted by molar-refractivity contribution is 5.95. The molecule has 0 aliphatic carbocycles. The van der Waals surface area contributed by atoms with Crippen LogP contribution >= 0.6 is 0 Å². The van der Waals surface area contributed by atoms with Crippen molar-refractivity contribution in [1.82, 2.24) is 5.43 Å². The summed E-state index contributed by atoms with van der Waals surface area (Å²) >= 11 is 0. The number of rotatable bonds is 10. The van der Waals surface area contributed by atoms with Gasteiger partial charge in [0, 0.05) is 5.56 Å². The molecule has 0 spiro atoms. The number of nitrogens with one attached hydrogen (secondary N) is 1. The number of aryl methyl sites for hydroxylation is 1. The van der Waals surface area contributed by atoms with Crippen LogP contribution in [0.3, 0.4) is 0 Å². The van der Waals surface area contributed by atoms with Crippen LogP contribution in [-0.4, -0.2) is 32.3 Å². The molecule has 8 heteroatoms. The molecular weight excluding hydrogens is 496 g/mol. The van der Waals surface area contributed by atoms with Gasteiger partial charge in [-0.3, -0.25) is 4.79 Å². The zero-order chi connectivity index (χ0) is 27.6. The Bertz CT molecular complexity index is 1450. The van der Waals surface area contributed by atoms with Crippen molar-refractivity contribution >= 4 is 18.1 Å². The zero-order valence-electron chi connectivity index (χ0n) is 21.8. The summed E-state index contributed by atoms with van der Waals surface area (Å²) in [5.74, 6) is 0.998. The molecule has 4 aromatic carbocycles. The minimum atomic E-state index is -0.531. The van der Waals surface area contributed by atoms with Crippen molar-refractivity contribution < 1.29 is 28.5 Å². The second-order valence-corrected chi connectivity index (χ2v) is 8.53. The van der Waals surface area contributed by atoms with Crippen molar-refractivity contribution in [2.45, 2.75) is 13.5 Å². The van der Waals surface area contributed by atoms with E-state index in [9.17, 15) is 9.59 Å². The van der Waals surface area contributed by atoms with E-state index in [4.69, 9.17) is 18.9 Å². The molecule has 1 amide bonds. The fraction of sp³-hybridized carbons (Fsp3) is 0.129. The molecule has 4 rings (SSSR count). The van der Waals surface area contributed by atoms with Gasteiger partial charge < -0.3 is 18.9 Å². The van der Waals surface area contributed by atoms with Crippen LogP contribution in [0.1, 0.15) is 37.4 Å². The Labute approximate surface area is 226 Å². The Morgan fingerprint density at radius 2 is 1.44 bits per heavy atom. The molecule has 0 radical (unpaired) electrons. The van der Waals surface area contributed by atoms with Crippen molar-refractivity contribution in [3.8, 4) is 23.0 Å². The molecular formula is C31H28N2O6. The minimum absolute atomic E-state index is 0.254. The maximum atomic E-state index is 12.5. The van der Waals surface area contributed by atoms with Crippen LogP contribution in [0.2, 0.25) is 0 Å². The standard InChI is InChI=1S/C31H28N2O6/c1-21-4-6-22(7-5-21)20-38-27-15-9-24(10-16-27)30(34)33-32-19-23-8-17-28(29(18-23)37-3)39-31(35)25-11-13-26(36-2)14-12-25/h4-19H,20H2,1-3H3,(H,33,34)/b32-19+. The number of ether oxygens (including phenoxy) is 4. The van der Waals surface area contributed by atoms with Gasteiger partial charge in [-0.2, -0.15) is 5.10 Å². The molecule has 0 unspecified atom stereocenters. The first-order valence-corrected chi connectivity index (χ1v) is 12.1. The van der Waals surface area contributed by atoms with Gasteiger partial charge in [0.05, 0.1) is 26.0 Å². The van der Waals surface area contributed by atoms with Crippen LogP contribution in [-0.2, 0) is 6.61 Å². The van der Waals surface area contributed by atoms with Crippen LogP contribution in [0.5, 0.6) is 23.0 Å². The largest absolute Gasteiger partial charge is 0.497 e. The van der Waals surface area contributed by atoms with Crippen molar-refractivity contribution in [1.29, 1.82) is 0 Å². The van der Waals surface area contributed by atoms with Crippen LogP contribution in [0.25, 0.3) is 0 Å². The molecule has 8 nitrogen and oxygen atoms in total. The van der Waals surface area contributed by atoms with Gasteiger partial charge in [-0.05, 0) is 84.8 Å². The number of methoxy groups -OCH3 is 2.